The molecule has 0 amide bonds. The Bertz CT molecular complexity index is 1810. The lowest BCUT2D eigenvalue weighted by Crippen LogP contribution is -2.07. The number of hydrogen-bond acceptors (Lipinski definition) is 6. The molecule has 2 atom stereocenters. The first-order valence-corrected chi connectivity index (χ1v) is 15.7. The van der Waals surface area contributed by atoms with E-state index in [1.807, 2.05) is 0 Å². The zero-order valence-corrected chi connectivity index (χ0v) is 27.2. The molecule has 0 aliphatic carbocycles. The number of aromatic amines is 2. The second-order valence-corrected chi connectivity index (χ2v) is 11.9. The number of hydrogen-bond donors (Lipinski definition) is 2. The first kappa shape index (κ1) is 31.2. The van der Waals surface area contributed by atoms with Crippen LogP contribution in [0.5, 0.6) is 0 Å². The van der Waals surface area contributed by atoms with Gasteiger partial charge in [-0.15, -0.1) is 0 Å². The molecule has 0 saturated carbocycles. The third-order valence-corrected chi connectivity index (χ3v) is 9.54. The van der Waals surface area contributed by atoms with E-state index in [-0.39, 0.29) is 30.2 Å². The minimum atomic E-state index is -0.256. The summed E-state index contributed by atoms with van der Waals surface area (Å²) in [6.07, 6.45) is 3.48. The Balaban J connectivity index is 1.85. The van der Waals surface area contributed by atoms with E-state index in [1.54, 1.807) is 0 Å². The van der Waals surface area contributed by atoms with Crippen molar-refractivity contribution in [1.82, 2.24) is 19.9 Å². The predicted molar refractivity (Wildman–Crippen MR) is 175 cm³/mol. The topological polar surface area (TPSA) is 110 Å². The molecule has 2 aliphatic rings. The van der Waals surface area contributed by atoms with Gasteiger partial charge in [-0.25, -0.2) is 4.98 Å². The molecule has 0 aromatic carbocycles. The van der Waals surface area contributed by atoms with Crippen LogP contribution in [0.4, 0.5) is 0 Å². The van der Waals surface area contributed by atoms with Crippen molar-refractivity contribution >= 4 is 45.2 Å². The number of nitrogens with one attached hydrogen (secondary N) is 2. The minimum absolute atomic E-state index is 0.0146. The van der Waals surface area contributed by atoms with E-state index in [0.29, 0.717) is 19.3 Å². The minimum Gasteiger partial charge on any atom is -0.469 e. The van der Waals surface area contributed by atoms with Crippen LogP contribution in [0.25, 0.3) is 33.2 Å². The quantitative estimate of drug-likeness (QED) is 0.257. The van der Waals surface area contributed by atoms with Gasteiger partial charge in [-0.1, -0.05) is 20.8 Å². The average Bonchev–Trinajstić information content (AvgIpc) is 3.67. The first-order valence-electron chi connectivity index (χ1n) is 15.7. The molecule has 44 heavy (non-hydrogen) atoms. The second kappa shape index (κ2) is 12.8. The monoisotopic (exact) mass is 596 g/mol. The second-order valence-electron chi connectivity index (χ2n) is 11.9. The standard InChI is InChI=1S/C36H44N4O4/c1-9-23-19(3)27-15-28-21(5)25(11-13-35(41)43-7)33(39-28)18-34-26(12-14-36(42)44-8)22(6)30(40-34)17-32-24(10-2)20(4)29(38-32)16-31(23)37-27/h15-18,21,25,37-38H,9-14H2,1-8H3. The summed E-state index contributed by atoms with van der Waals surface area (Å²) >= 11 is 0. The van der Waals surface area contributed by atoms with Gasteiger partial charge in [-0.3, -0.25) is 14.6 Å². The molecule has 232 valence electrons. The maximum absolute atomic E-state index is 12.2. The molecule has 0 radical (unpaired) electrons. The number of methoxy groups -OCH3 is 2. The van der Waals surface area contributed by atoms with E-state index < -0.39 is 0 Å². The van der Waals surface area contributed by atoms with Crippen molar-refractivity contribution in [2.24, 2.45) is 0 Å². The number of fused-ring (bicyclic) bond motifs is 8. The van der Waals surface area contributed by atoms with E-state index in [0.717, 1.165) is 68.8 Å². The number of allylic oxidation sites excluding steroid dienone is 2. The fourth-order valence-electron chi connectivity index (χ4n) is 6.78. The molecule has 5 rings (SSSR count). The molecule has 8 heteroatoms. The number of nitrogens with zero attached hydrogens (tertiary/aromatic N) is 2. The van der Waals surface area contributed by atoms with Crippen LogP contribution in [-0.4, -0.2) is 46.1 Å². The van der Waals surface area contributed by atoms with E-state index >= 15 is 0 Å². The summed E-state index contributed by atoms with van der Waals surface area (Å²) < 4.78 is 9.94. The van der Waals surface area contributed by atoms with Crippen molar-refractivity contribution in [2.75, 3.05) is 14.2 Å². The van der Waals surface area contributed by atoms with Crippen LogP contribution in [0.1, 0.15) is 110 Å². The van der Waals surface area contributed by atoms with Gasteiger partial charge in [0.15, 0.2) is 0 Å². The molecule has 0 saturated heterocycles. The van der Waals surface area contributed by atoms with Crippen LogP contribution in [-0.2, 0) is 31.9 Å². The fourth-order valence-corrected chi connectivity index (χ4v) is 6.78. The van der Waals surface area contributed by atoms with Gasteiger partial charge in [-0.2, -0.15) is 0 Å². The normalized spacial score (nSPS) is 16.4. The van der Waals surface area contributed by atoms with Gasteiger partial charge in [-0.05, 0) is 104 Å². The predicted octanol–water partition coefficient (Wildman–Crippen LogP) is 7.78. The van der Waals surface area contributed by atoms with Gasteiger partial charge in [0.05, 0.1) is 25.6 Å². The fraction of sp³-hybridized carbons (Fsp3) is 0.444. The molecular weight excluding hydrogens is 552 g/mol. The van der Waals surface area contributed by atoms with Crippen molar-refractivity contribution in [2.45, 2.75) is 91.9 Å². The van der Waals surface area contributed by atoms with Crippen LogP contribution in [0.15, 0.2) is 24.3 Å². The Kier molecular flexibility index (Phi) is 9.09. The summed E-state index contributed by atoms with van der Waals surface area (Å²) in [5.41, 5.74) is 14.8. The largest absolute Gasteiger partial charge is 0.469 e. The number of esters is 2. The highest BCUT2D eigenvalue weighted by atomic mass is 16.5. The van der Waals surface area contributed by atoms with E-state index in [9.17, 15) is 9.59 Å². The van der Waals surface area contributed by atoms with Crippen molar-refractivity contribution in [3.05, 3.63) is 69.3 Å². The third kappa shape index (κ3) is 5.82. The van der Waals surface area contributed by atoms with Crippen molar-refractivity contribution < 1.29 is 19.1 Å². The van der Waals surface area contributed by atoms with Crippen molar-refractivity contribution in [3.63, 3.8) is 0 Å². The number of ether oxygens (including phenoxy) is 2. The molecule has 0 fully saturated rings. The Morgan fingerprint density at radius 1 is 0.750 bits per heavy atom. The molecule has 8 nitrogen and oxygen atoms in total. The molecule has 3 aromatic rings. The highest BCUT2D eigenvalue weighted by Crippen LogP contribution is 2.41. The summed E-state index contributed by atoms with van der Waals surface area (Å²) in [5.74, 6) is -0.387. The van der Waals surface area contributed by atoms with Crippen molar-refractivity contribution in [1.29, 1.82) is 0 Å². The zero-order valence-electron chi connectivity index (χ0n) is 27.2. The molecule has 2 aliphatic heterocycles. The lowest BCUT2D eigenvalue weighted by atomic mass is 9.87. The van der Waals surface area contributed by atoms with Gasteiger partial charge in [0.2, 0.25) is 0 Å². The smallest absolute Gasteiger partial charge is 0.305 e. The summed E-state index contributed by atoms with van der Waals surface area (Å²) in [7, 11) is 2.84. The lowest BCUT2D eigenvalue weighted by Gasteiger charge is -2.15. The van der Waals surface area contributed by atoms with Gasteiger partial charge in [0.25, 0.3) is 0 Å². The first-order chi connectivity index (χ1) is 21.1. The molecule has 5 heterocycles. The number of carbonyl (C=O) groups is 2. The Labute approximate surface area is 259 Å². The average molecular weight is 597 g/mol. The maximum atomic E-state index is 12.2. The summed E-state index contributed by atoms with van der Waals surface area (Å²) in [5, 5.41) is 0. The van der Waals surface area contributed by atoms with E-state index in [4.69, 9.17) is 19.4 Å². The molecule has 2 unspecified atom stereocenters. The molecule has 3 aromatic heterocycles. The van der Waals surface area contributed by atoms with Crippen LogP contribution in [0, 0.1) is 13.8 Å². The number of H-pyrrole nitrogens is 2. The summed E-state index contributed by atoms with van der Waals surface area (Å²) in [6, 6.07) is 8.59. The molecular formula is C36H44N4O4. The number of rotatable bonds is 8. The van der Waals surface area contributed by atoms with Crippen LogP contribution in [0.3, 0.4) is 0 Å². The Hall–Kier alpha value is -4.20. The maximum Gasteiger partial charge on any atom is 0.305 e. The highest BCUT2D eigenvalue weighted by Gasteiger charge is 2.30. The van der Waals surface area contributed by atoms with Gasteiger partial charge in [0, 0.05) is 58.1 Å². The van der Waals surface area contributed by atoms with Gasteiger partial charge >= 0.3 is 11.9 Å². The SMILES string of the molecule is CCc1c(C)c2cc3[nH]c(cc4nc(cc5nc(cc1[nH]2)C(C)=C5CCC(=O)OC)C(CCC(=O)OC)C4C)c(C)c3CC. The summed E-state index contributed by atoms with van der Waals surface area (Å²) in [6.45, 7) is 13.0. The third-order valence-electron chi connectivity index (χ3n) is 9.54. The molecule has 0 spiro atoms. The Morgan fingerprint density at radius 2 is 1.34 bits per heavy atom. The highest BCUT2D eigenvalue weighted by molar-refractivity contribution is 5.93. The van der Waals surface area contributed by atoms with Crippen LogP contribution < -0.4 is 0 Å². The van der Waals surface area contributed by atoms with E-state index in [2.05, 4.69) is 75.8 Å². The van der Waals surface area contributed by atoms with E-state index in [1.165, 1.54) is 36.5 Å². The van der Waals surface area contributed by atoms with Crippen molar-refractivity contribution in [3.8, 4) is 0 Å². The number of aromatic nitrogens is 4. The zero-order chi connectivity index (χ0) is 31.7. The number of aryl methyl sites for hydroxylation is 4. The van der Waals surface area contributed by atoms with Crippen LogP contribution in [0.2, 0.25) is 0 Å². The van der Waals surface area contributed by atoms with Gasteiger partial charge in [0.1, 0.15) is 0 Å². The molecule has 2 N–H and O–H groups in total. The Morgan fingerprint density at radius 3 is 1.95 bits per heavy atom. The molecule has 8 bridgehead atoms. The number of carbonyl (C=O) groups excluding carboxylic acids is 2. The lowest BCUT2D eigenvalue weighted by molar-refractivity contribution is -0.141. The van der Waals surface area contributed by atoms with Crippen LogP contribution >= 0.6 is 0 Å². The summed E-state index contributed by atoms with van der Waals surface area (Å²) in [4.78, 5) is 42.1. The van der Waals surface area contributed by atoms with Gasteiger partial charge < -0.3 is 19.4 Å².